The fraction of sp³-hybridized carbons (Fsp3) is 0.444. The first kappa shape index (κ1) is 17.8. The van der Waals surface area contributed by atoms with Gasteiger partial charge in [0.2, 0.25) is 0 Å². The summed E-state index contributed by atoms with van der Waals surface area (Å²) < 4.78 is 0. The maximum atomic E-state index is 12.1. The standard InChI is InChI=1S/C18H25N3O/c1-5-6-7-14-8-10-16(11-9-14)21-17(22)15(12-19)13-20-18(2,3)4/h8-11,13,20H,5-7H2,1-4H3,(H,21,22)/b15-13-. The lowest BCUT2D eigenvalue weighted by Crippen LogP contribution is -2.32. The van der Waals surface area contributed by atoms with Gasteiger partial charge in [-0.15, -0.1) is 0 Å². The van der Waals surface area contributed by atoms with Crippen molar-refractivity contribution in [3.8, 4) is 6.07 Å². The number of nitrogens with one attached hydrogen (secondary N) is 2. The molecule has 0 fully saturated rings. The van der Waals surface area contributed by atoms with Crippen molar-refractivity contribution in [3.05, 3.63) is 41.6 Å². The molecule has 4 heteroatoms. The lowest BCUT2D eigenvalue weighted by atomic mass is 10.1. The van der Waals surface area contributed by atoms with Crippen LogP contribution < -0.4 is 10.6 Å². The van der Waals surface area contributed by atoms with Crippen LogP contribution in [-0.4, -0.2) is 11.4 Å². The third kappa shape index (κ3) is 6.45. The molecule has 0 saturated heterocycles. The first-order valence-corrected chi connectivity index (χ1v) is 7.64. The number of carbonyl (C=O) groups excluding carboxylic acids is 1. The van der Waals surface area contributed by atoms with Crippen LogP contribution in [0.2, 0.25) is 0 Å². The summed E-state index contributed by atoms with van der Waals surface area (Å²) in [5.74, 6) is -0.402. The number of rotatable bonds is 6. The van der Waals surface area contributed by atoms with Crippen LogP contribution in [-0.2, 0) is 11.2 Å². The van der Waals surface area contributed by atoms with Gasteiger partial charge >= 0.3 is 0 Å². The quantitative estimate of drug-likeness (QED) is 0.621. The molecule has 4 nitrogen and oxygen atoms in total. The van der Waals surface area contributed by atoms with E-state index in [0.29, 0.717) is 5.69 Å². The van der Waals surface area contributed by atoms with Gasteiger partial charge in [0.05, 0.1) is 0 Å². The zero-order valence-corrected chi connectivity index (χ0v) is 13.9. The molecule has 0 saturated carbocycles. The van der Waals surface area contributed by atoms with Crippen LogP contribution in [0.15, 0.2) is 36.0 Å². The van der Waals surface area contributed by atoms with E-state index in [2.05, 4.69) is 17.6 Å². The zero-order chi connectivity index (χ0) is 16.6. The van der Waals surface area contributed by atoms with Gasteiger partial charge in [0.1, 0.15) is 11.6 Å². The Bertz CT molecular complexity index is 559. The summed E-state index contributed by atoms with van der Waals surface area (Å²) >= 11 is 0. The van der Waals surface area contributed by atoms with Crippen LogP contribution in [0.25, 0.3) is 0 Å². The van der Waals surface area contributed by atoms with Gasteiger partial charge in [0.15, 0.2) is 0 Å². The average molecular weight is 299 g/mol. The van der Waals surface area contributed by atoms with Gasteiger partial charge in [0, 0.05) is 17.4 Å². The Balaban J connectivity index is 2.68. The lowest BCUT2D eigenvalue weighted by molar-refractivity contribution is -0.112. The van der Waals surface area contributed by atoms with Crippen LogP contribution in [0.4, 0.5) is 5.69 Å². The topological polar surface area (TPSA) is 64.9 Å². The summed E-state index contributed by atoms with van der Waals surface area (Å²) in [6.45, 7) is 8.05. The molecule has 22 heavy (non-hydrogen) atoms. The number of nitrogens with zero attached hydrogens (tertiary/aromatic N) is 1. The van der Waals surface area contributed by atoms with Crippen LogP contribution in [0.1, 0.15) is 46.1 Å². The molecule has 1 aromatic rings. The van der Waals surface area contributed by atoms with Crippen molar-refractivity contribution in [2.75, 3.05) is 5.32 Å². The molecule has 0 aromatic heterocycles. The highest BCUT2D eigenvalue weighted by atomic mass is 16.1. The van der Waals surface area contributed by atoms with E-state index >= 15 is 0 Å². The predicted molar refractivity (Wildman–Crippen MR) is 90.3 cm³/mol. The molecular weight excluding hydrogens is 274 g/mol. The maximum absolute atomic E-state index is 12.1. The van der Waals surface area contributed by atoms with Gasteiger partial charge in [-0.2, -0.15) is 5.26 Å². The third-order valence-electron chi connectivity index (χ3n) is 3.05. The van der Waals surface area contributed by atoms with Gasteiger partial charge in [0.25, 0.3) is 5.91 Å². The first-order chi connectivity index (χ1) is 10.4. The van der Waals surface area contributed by atoms with E-state index in [1.807, 2.05) is 51.1 Å². The van der Waals surface area contributed by atoms with Crippen molar-refractivity contribution in [3.63, 3.8) is 0 Å². The minimum atomic E-state index is -0.402. The second-order valence-electron chi connectivity index (χ2n) is 6.32. The number of aryl methyl sites for hydroxylation is 1. The smallest absolute Gasteiger partial charge is 0.267 e. The number of benzene rings is 1. The van der Waals surface area contributed by atoms with Crippen molar-refractivity contribution in [1.29, 1.82) is 5.26 Å². The number of anilines is 1. The molecule has 0 aliphatic heterocycles. The van der Waals surface area contributed by atoms with Crippen LogP contribution in [0, 0.1) is 11.3 Å². The van der Waals surface area contributed by atoms with Gasteiger partial charge in [-0.05, 0) is 51.3 Å². The Morgan fingerprint density at radius 1 is 1.27 bits per heavy atom. The Labute approximate surface area is 133 Å². The molecule has 118 valence electrons. The van der Waals surface area contributed by atoms with E-state index in [0.717, 1.165) is 19.3 Å². The number of carbonyl (C=O) groups is 1. The van der Waals surface area contributed by atoms with Gasteiger partial charge in [-0.1, -0.05) is 25.5 Å². The van der Waals surface area contributed by atoms with Crippen molar-refractivity contribution < 1.29 is 4.79 Å². The van der Waals surface area contributed by atoms with Crippen molar-refractivity contribution >= 4 is 11.6 Å². The van der Waals surface area contributed by atoms with Gasteiger partial charge in [-0.25, -0.2) is 0 Å². The molecule has 0 radical (unpaired) electrons. The van der Waals surface area contributed by atoms with E-state index in [-0.39, 0.29) is 11.1 Å². The molecule has 0 bridgehead atoms. The molecule has 1 aromatic carbocycles. The molecule has 0 heterocycles. The van der Waals surface area contributed by atoms with Crippen molar-refractivity contribution in [1.82, 2.24) is 5.32 Å². The van der Waals surface area contributed by atoms with Crippen LogP contribution >= 0.6 is 0 Å². The fourth-order valence-corrected chi connectivity index (χ4v) is 1.77. The second kappa shape index (κ2) is 8.23. The average Bonchev–Trinajstić information content (AvgIpc) is 2.46. The highest BCUT2D eigenvalue weighted by Gasteiger charge is 2.12. The minimum Gasteiger partial charge on any atom is -0.385 e. The molecule has 2 N–H and O–H groups in total. The monoisotopic (exact) mass is 299 g/mol. The summed E-state index contributed by atoms with van der Waals surface area (Å²) in [7, 11) is 0. The van der Waals surface area contributed by atoms with E-state index in [1.165, 1.54) is 11.8 Å². The molecule has 0 aliphatic rings. The zero-order valence-electron chi connectivity index (χ0n) is 13.9. The molecule has 0 atom stereocenters. The Morgan fingerprint density at radius 3 is 2.41 bits per heavy atom. The highest BCUT2D eigenvalue weighted by Crippen LogP contribution is 2.13. The minimum absolute atomic E-state index is 0.0602. The normalized spacial score (nSPS) is 11.7. The predicted octanol–water partition coefficient (Wildman–Crippen LogP) is 3.76. The van der Waals surface area contributed by atoms with E-state index in [9.17, 15) is 4.79 Å². The Hall–Kier alpha value is -2.28. The number of unbranched alkanes of at least 4 members (excludes halogenated alkanes) is 1. The highest BCUT2D eigenvalue weighted by molar-refractivity contribution is 6.06. The largest absolute Gasteiger partial charge is 0.385 e. The number of nitriles is 1. The molecule has 0 unspecified atom stereocenters. The summed E-state index contributed by atoms with van der Waals surface area (Å²) in [5, 5.41) is 14.9. The number of hydrogen-bond acceptors (Lipinski definition) is 3. The summed E-state index contributed by atoms with van der Waals surface area (Å²) in [5.41, 5.74) is 1.82. The molecule has 0 aliphatic carbocycles. The van der Waals surface area contributed by atoms with E-state index in [4.69, 9.17) is 5.26 Å². The molecule has 1 amide bonds. The Morgan fingerprint density at radius 2 is 1.91 bits per heavy atom. The summed E-state index contributed by atoms with van der Waals surface area (Å²) in [4.78, 5) is 12.1. The summed E-state index contributed by atoms with van der Waals surface area (Å²) in [6, 6.07) is 9.68. The maximum Gasteiger partial charge on any atom is 0.267 e. The van der Waals surface area contributed by atoms with Crippen LogP contribution in [0.5, 0.6) is 0 Å². The van der Waals surface area contributed by atoms with E-state index < -0.39 is 5.91 Å². The molecule has 1 rings (SSSR count). The lowest BCUT2D eigenvalue weighted by Gasteiger charge is -2.18. The van der Waals surface area contributed by atoms with Crippen molar-refractivity contribution in [2.24, 2.45) is 0 Å². The van der Waals surface area contributed by atoms with Crippen LogP contribution in [0.3, 0.4) is 0 Å². The van der Waals surface area contributed by atoms with Gasteiger partial charge < -0.3 is 10.6 Å². The van der Waals surface area contributed by atoms with E-state index in [1.54, 1.807) is 0 Å². The summed E-state index contributed by atoms with van der Waals surface area (Å²) in [6.07, 6.45) is 4.83. The van der Waals surface area contributed by atoms with Crippen molar-refractivity contribution in [2.45, 2.75) is 52.5 Å². The number of hydrogen-bond donors (Lipinski definition) is 2. The third-order valence-corrected chi connectivity index (χ3v) is 3.05. The molecule has 0 spiro atoms. The fourth-order valence-electron chi connectivity index (χ4n) is 1.77. The van der Waals surface area contributed by atoms with Gasteiger partial charge in [-0.3, -0.25) is 4.79 Å². The first-order valence-electron chi connectivity index (χ1n) is 7.64. The number of amides is 1. The second-order valence-corrected chi connectivity index (χ2v) is 6.32. The SMILES string of the molecule is CCCCc1ccc(NC(=O)/C(C#N)=C\NC(C)(C)C)cc1. The molecular formula is C18H25N3O. The Kier molecular flexibility index (Phi) is 6.65.